The molecule has 1 heterocycles. The molecule has 1 saturated heterocycles. The SMILES string of the molecule is CCOC(=O)[C@H]1CCCN([C@@H](C)C(=O)Nc2ccc(S(N)(=O)=O)cc2)C1. The molecule has 0 spiro atoms. The quantitative estimate of drug-likeness (QED) is 0.706. The summed E-state index contributed by atoms with van der Waals surface area (Å²) in [5, 5.41) is 7.81. The first kappa shape index (κ1) is 20.3. The third kappa shape index (κ3) is 5.26. The van der Waals surface area contributed by atoms with Crippen molar-refractivity contribution < 1.29 is 22.7 Å². The lowest BCUT2D eigenvalue weighted by Gasteiger charge is -2.35. The first-order chi connectivity index (χ1) is 12.2. The van der Waals surface area contributed by atoms with Gasteiger partial charge in [-0.2, -0.15) is 0 Å². The number of nitrogens with zero attached hydrogens (tertiary/aromatic N) is 1. The lowest BCUT2D eigenvalue weighted by Crippen LogP contribution is -2.48. The van der Waals surface area contributed by atoms with Crippen molar-refractivity contribution in [2.45, 2.75) is 37.6 Å². The van der Waals surface area contributed by atoms with Crippen LogP contribution in [0, 0.1) is 5.92 Å². The molecule has 0 unspecified atom stereocenters. The summed E-state index contributed by atoms with van der Waals surface area (Å²) in [6.07, 6.45) is 1.59. The predicted octanol–water partition coefficient (Wildman–Crippen LogP) is 0.936. The second kappa shape index (κ2) is 8.61. The standard InChI is InChI=1S/C17H25N3O5S/c1-3-25-17(22)13-5-4-10-20(11-13)12(2)16(21)19-14-6-8-15(9-7-14)26(18,23)24/h6-9,12-13H,3-5,10-11H2,1-2H3,(H,19,21)(H2,18,23,24)/t12-,13-/m0/s1. The van der Waals surface area contributed by atoms with E-state index >= 15 is 0 Å². The number of hydrogen-bond donors (Lipinski definition) is 2. The van der Waals surface area contributed by atoms with E-state index in [4.69, 9.17) is 9.88 Å². The van der Waals surface area contributed by atoms with Crippen LogP contribution in [0.4, 0.5) is 5.69 Å². The topological polar surface area (TPSA) is 119 Å². The number of nitrogens with two attached hydrogens (primary N) is 1. The summed E-state index contributed by atoms with van der Waals surface area (Å²) in [7, 11) is -3.77. The van der Waals surface area contributed by atoms with E-state index in [1.54, 1.807) is 13.8 Å². The maximum absolute atomic E-state index is 12.5. The van der Waals surface area contributed by atoms with Crippen LogP contribution in [0.25, 0.3) is 0 Å². The van der Waals surface area contributed by atoms with Gasteiger partial charge in [0.1, 0.15) is 0 Å². The Morgan fingerprint density at radius 1 is 1.35 bits per heavy atom. The number of hydrogen-bond acceptors (Lipinski definition) is 6. The average Bonchev–Trinajstić information content (AvgIpc) is 2.61. The largest absolute Gasteiger partial charge is 0.466 e. The van der Waals surface area contributed by atoms with Crippen LogP contribution < -0.4 is 10.5 Å². The molecule has 1 aromatic rings. The molecule has 26 heavy (non-hydrogen) atoms. The summed E-state index contributed by atoms with van der Waals surface area (Å²) in [6, 6.07) is 5.23. The summed E-state index contributed by atoms with van der Waals surface area (Å²) in [5.74, 6) is -0.658. The van der Waals surface area contributed by atoms with Gasteiger partial charge in [0, 0.05) is 12.2 Å². The van der Waals surface area contributed by atoms with Crippen LogP contribution in [0.3, 0.4) is 0 Å². The number of benzene rings is 1. The molecule has 144 valence electrons. The molecule has 3 N–H and O–H groups in total. The lowest BCUT2D eigenvalue weighted by molar-refractivity contribution is -0.150. The molecular formula is C17H25N3O5S. The number of piperidine rings is 1. The first-order valence-electron chi connectivity index (χ1n) is 8.56. The van der Waals surface area contributed by atoms with Gasteiger partial charge in [-0.05, 0) is 57.5 Å². The zero-order valence-electron chi connectivity index (χ0n) is 15.0. The molecule has 1 aliphatic heterocycles. The smallest absolute Gasteiger partial charge is 0.310 e. The van der Waals surface area contributed by atoms with Crippen molar-refractivity contribution in [1.82, 2.24) is 4.90 Å². The van der Waals surface area contributed by atoms with Gasteiger partial charge in [0.15, 0.2) is 0 Å². The highest BCUT2D eigenvalue weighted by molar-refractivity contribution is 7.89. The van der Waals surface area contributed by atoms with Crippen molar-refractivity contribution in [1.29, 1.82) is 0 Å². The maximum atomic E-state index is 12.5. The van der Waals surface area contributed by atoms with Crippen LogP contribution in [-0.2, 0) is 24.3 Å². The van der Waals surface area contributed by atoms with Gasteiger partial charge in [-0.25, -0.2) is 13.6 Å². The third-order valence-electron chi connectivity index (χ3n) is 4.45. The summed E-state index contributed by atoms with van der Waals surface area (Å²) in [5.41, 5.74) is 0.480. The first-order valence-corrected chi connectivity index (χ1v) is 10.1. The van der Waals surface area contributed by atoms with E-state index in [0.717, 1.165) is 19.4 Å². The summed E-state index contributed by atoms with van der Waals surface area (Å²) >= 11 is 0. The van der Waals surface area contributed by atoms with Gasteiger partial charge in [0.05, 0.1) is 23.5 Å². The average molecular weight is 383 g/mol. The number of primary sulfonamides is 1. The van der Waals surface area contributed by atoms with Crippen LogP contribution >= 0.6 is 0 Å². The molecule has 2 rings (SSSR count). The zero-order chi connectivity index (χ0) is 19.3. The highest BCUT2D eigenvalue weighted by Gasteiger charge is 2.31. The van der Waals surface area contributed by atoms with E-state index in [2.05, 4.69) is 5.32 Å². The Bertz CT molecular complexity index is 748. The number of amides is 1. The number of esters is 1. The number of carbonyl (C=O) groups excluding carboxylic acids is 2. The molecule has 8 nitrogen and oxygen atoms in total. The molecule has 0 aromatic heterocycles. The van der Waals surface area contributed by atoms with E-state index in [9.17, 15) is 18.0 Å². The van der Waals surface area contributed by atoms with Gasteiger partial charge in [-0.3, -0.25) is 14.5 Å². The Balaban J connectivity index is 1.97. The Labute approximate surface area is 153 Å². The Morgan fingerprint density at radius 2 is 2.00 bits per heavy atom. The minimum Gasteiger partial charge on any atom is -0.466 e. The number of sulfonamides is 1. The van der Waals surface area contributed by atoms with Crippen molar-refractivity contribution >= 4 is 27.6 Å². The van der Waals surface area contributed by atoms with E-state index in [0.29, 0.717) is 18.8 Å². The summed E-state index contributed by atoms with van der Waals surface area (Å²) in [6.45, 7) is 5.11. The second-order valence-corrected chi connectivity index (χ2v) is 7.88. The van der Waals surface area contributed by atoms with Gasteiger partial charge in [-0.1, -0.05) is 0 Å². The number of anilines is 1. The van der Waals surface area contributed by atoms with E-state index in [-0.39, 0.29) is 22.7 Å². The van der Waals surface area contributed by atoms with Crippen LogP contribution in [0.5, 0.6) is 0 Å². The minimum absolute atomic E-state index is 0.0168. The van der Waals surface area contributed by atoms with Gasteiger partial charge >= 0.3 is 5.97 Å². The molecule has 0 bridgehead atoms. The summed E-state index contributed by atoms with van der Waals surface area (Å²) < 4.78 is 27.6. The fourth-order valence-corrected chi connectivity index (χ4v) is 3.47. The maximum Gasteiger partial charge on any atom is 0.310 e. The van der Waals surface area contributed by atoms with Gasteiger partial charge in [0.2, 0.25) is 15.9 Å². The Morgan fingerprint density at radius 3 is 2.58 bits per heavy atom. The molecule has 1 aliphatic rings. The van der Waals surface area contributed by atoms with Crippen molar-refractivity contribution in [3.05, 3.63) is 24.3 Å². The number of likely N-dealkylation sites (tertiary alicyclic amines) is 1. The predicted molar refractivity (Wildman–Crippen MR) is 96.8 cm³/mol. The Hall–Kier alpha value is -1.97. The van der Waals surface area contributed by atoms with Gasteiger partial charge in [-0.15, -0.1) is 0 Å². The summed E-state index contributed by atoms with van der Waals surface area (Å²) in [4.78, 5) is 26.4. The molecule has 2 atom stereocenters. The highest BCUT2D eigenvalue weighted by atomic mass is 32.2. The monoisotopic (exact) mass is 383 g/mol. The van der Waals surface area contributed by atoms with Crippen LogP contribution in [0.2, 0.25) is 0 Å². The van der Waals surface area contributed by atoms with Gasteiger partial charge in [0.25, 0.3) is 0 Å². The molecule has 1 aromatic carbocycles. The zero-order valence-corrected chi connectivity index (χ0v) is 15.8. The number of rotatable bonds is 6. The second-order valence-electron chi connectivity index (χ2n) is 6.32. The van der Waals surface area contributed by atoms with E-state index in [1.165, 1.54) is 24.3 Å². The number of nitrogens with one attached hydrogen (secondary N) is 1. The molecule has 0 aliphatic carbocycles. The van der Waals surface area contributed by atoms with Crippen molar-refractivity contribution in [2.24, 2.45) is 11.1 Å². The van der Waals surface area contributed by atoms with Crippen LogP contribution in [0.15, 0.2) is 29.2 Å². The lowest BCUT2D eigenvalue weighted by atomic mass is 9.97. The van der Waals surface area contributed by atoms with Crippen LogP contribution in [0.1, 0.15) is 26.7 Å². The number of ether oxygens (including phenoxy) is 1. The molecule has 9 heteroatoms. The third-order valence-corrected chi connectivity index (χ3v) is 5.38. The fourth-order valence-electron chi connectivity index (χ4n) is 2.95. The normalized spacial score (nSPS) is 19.6. The fraction of sp³-hybridized carbons (Fsp3) is 0.529. The molecule has 1 fully saturated rings. The number of carbonyl (C=O) groups is 2. The van der Waals surface area contributed by atoms with E-state index < -0.39 is 16.1 Å². The minimum atomic E-state index is -3.77. The van der Waals surface area contributed by atoms with Crippen molar-refractivity contribution in [3.63, 3.8) is 0 Å². The molecular weight excluding hydrogens is 358 g/mol. The molecule has 0 radical (unpaired) electrons. The van der Waals surface area contributed by atoms with Gasteiger partial charge < -0.3 is 10.1 Å². The Kier molecular flexibility index (Phi) is 6.74. The van der Waals surface area contributed by atoms with Crippen LogP contribution in [-0.4, -0.2) is 50.9 Å². The molecule has 1 amide bonds. The van der Waals surface area contributed by atoms with Crippen molar-refractivity contribution in [3.8, 4) is 0 Å². The van der Waals surface area contributed by atoms with E-state index in [1.807, 2.05) is 4.90 Å². The molecule has 0 saturated carbocycles. The highest BCUT2D eigenvalue weighted by Crippen LogP contribution is 2.21. The van der Waals surface area contributed by atoms with Crippen molar-refractivity contribution in [2.75, 3.05) is 25.0 Å².